The average molecular weight is 378 g/mol. The molecule has 1 aromatic carbocycles. The third-order valence-electron chi connectivity index (χ3n) is 3.89. The van der Waals surface area contributed by atoms with E-state index < -0.39 is 15.1 Å². The number of nitrogen functional groups attached to an aromatic ring is 1. The molecule has 0 saturated heterocycles. The minimum atomic E-state index is -3.31. The maximum Gasteiger partial charge on any atom is 0.180 e. The molecule has 0 fully saturated rings. The number of sulfone groups is 1. The first-order chi connectivity index (χ1) is 12.9. The molecule has 0 unspecified atom stereocenters. The lowest BCUT2D eigenvalue weighted by atomic mass is 10.1. The first-order valence-electron chi connectivity index (χ1n) is 8.27. The highest BCUT2D eigenvalue weighted by Gasteiger charge is 2.19. The minimum absolute atomic E-state index is 0.231. The molecular weight excluding hydrogens is 360 g/mol. The van der Waals surface area contributed by atoms with Crippen molar-refractivity contribution in [2.24, 2.45) is 0 Å². The molecule has 2 heterocycles. The van der Waals surface area contributed by atoms with Crippen molar-refractivity contribution in [2.75, 3.05) is 5.73 Å². The van der Waals surface area contributed by atoms with Gasteiger partial charge in [-0.15, -0.1) is 0 Å². The van der Waals surface area contributed by atoms with Crippen molar-refractivity contribution in [3.63, 3.8) is 0 Å². The summed E-state index contributed by atoms with van der Waals surface area (Å²) in [4.78, 5) is 12.9. The number of aromatic nitrogens is 3. The van der Waals surface area contributed by atoms with E-state index in [1.165, 1.54) is 6.20 Å². The third-order valence-corrected chi connectivity index (χ3v) is 6.06. The van der Waals surface area contributed by atoms with E-state index >= 15 is 0 Å². The molecule has 7 heteroatoms. The van der Waals surface area contributed by atoms with Gasteiger partial charge in [-0.05, 0) is 44.0 Å². The quantitative estimate of drug-likeness (QED) is 0.704. The van der Waals surface area contributed by atoms with Gasteiger partial charge in [-0.25, -0.2) is 18.4 Å². The number of rotatable bonds is 3. The van der Waals surface area contributed by atoms with Crippen LogP contribution in [0.2, 0.25) is 0 Å². The fourth-order valence-electron chi connectivity index (χ4n) is 2.29. The molecule has 3 rings (SSSR count). The van der Waals surface area contributed by atoms with Gasteiger partial charge in [0.1, 0.15) is 0 Å². The second-order valence-corrected chi connectivity index (χ2v) is 8.60. The Morgan fingerprint density at radius 3 is 2.41 bits per heavy atom. The molecule has 2 N–H and O–H groups in total. The van der Waals surface area contributed by atoms with Crippen molar-refractivity contribution >= 4 is 15.7 Å². The van der Waals surface area contributed by atoms with Crippen LogP contribution in [0.5, 0.6) is 0 Å². The van der Waals surface area contributed by atoms with Gasteiger partial charge in [-0.2, -0.15) is 0 Å². The molecule has 3 aromatic rings. The summed E-state index contributed by atoms with van der Waals surface area (Å²) in [5.74, 6) is 6.08. The zero-order valence-corrected chi connectivity index (χ0v) is 15.7. The molecule has 0 saturated carbocycles. The summed E-state index contributed by atoms with van der Waals surface area (Å²) in [5, 5.41) is -0.478. The van der Waals surface area contributed by atoms with Gasteiger partial charge in [-0.1, -0.05) is 18.1 Å². The Morgan fingerprint density at radius 1 is 1.04 bits per heavy atom. The van der Waals surface area contributed by atoms with Crippen molar-refractivity contribution in [1.29, 1.82) is 0 Å². The smallest absolute Gasteiger partial charge is 0.180 e. The van der Waals surface area contributed by atoms with Crippen molar-refractivity contribution in [3.05, 3.63) is 66.2 Å². The number of nitrogens with zero attached hydrogens (tertiary/aromatic N) is 3. The van der Waals surface area contributed by atoms with Crippen LogP contribution in [0.4, 0.5) is 5.82 Å². The van der Waals surface area contributed by atoms with Gasteiger partial charge in [-0.3, -0.25) is 4.98 Å². The average Bonchev–Trinajstić information content (AvgIpc) is 2.68. The number of hydrogen-bond acceptors (Lipinski definition) is 6. The van der Waals surface area contributed by atoms with E-state index in [-0.39, 0.29) is 10.7 Å². The number of benzene rings is 1. The van der Waals surface area contributed by atoms with Crippen LogP contribution in [0.25, 0.3) is 11.3 Å². The predicted molar refractivity (Wildman–Crippen MR) is 104 cm³/mol. The fourth-order valence-corrected chi connectivity index (χ4v) is 3.34. The summed E-state index contributed by atoms with van der Waals surface area (Å²) in [6.45, 7) is 3.31. The van der Waals surface area contributed by atoms with Crippen molar-refractivity contribution in [2.45, 2.75) is 24.0 Å². The topological polar surface area (TPSA) is 98.8 Å². The SMILES string of the molecule is CC(C)S(=O)(=O)c1ccc(-c2cnc(N)c(C#Cc3cccnc3)n2)cc1. The Bertz CT molecular complexity index is 1110. The molecule has 136 valence electrons. The lowest BCUT2D eigenvalue weighted by Crippen LogP contribution is -2.13. The standard InChI is InChI=1S/C20H18N4O2S/c1-14(2)27(25,26)17-8-6-16(7-9-17)19-13-23-20(21)18(24-19)10-5-15-4-3-11-22-12-15/h3-4,6-9,11-14H,1-2H3,(H2,21,23). The van der Waals surface area contributed by atoms with E-state index in [1.807, 2.05) is 6.07 Å². The van der Waals surface area contributed by atoms with Crippen LogP contribution < -0.4 is 5.73 Å². The van der Waals surface area contributed by atoms with Crippen LogP contribution in [-0.4, -0.2) is 28.6 Å². The van der Waals surface area contributed by atoms with Crippen molar-refractivity contribution in [3.8, 4) is 23.1 Å². The monoisotopic (exact) mass is 378 g/mol. The van der Waals surface area contributed by atoms with E-state index in [9.17, 15) is 8.42 Å². The van der Waals surface area contributed by atoms with Crippen molar-refractivity contribution in [1.82, 2.24) is 15.0 Å². The fraction of sp³-hybridized carbons (Fsp3) is 0.150. The highest BCUT2D eigenvalue weighted by Crippen LogP contribution is 2.22. The van der Waals surface area contributed by atoms with Gasteiger partial charge in [0.25, 0.3) is 0 Å². The van der Waals surface area contributed by atoms with Crippen LogP contribution in [0.1, 0.15) is 25.1 Å². The summed E-state index contributed by atoms with van der Waals surface area (Å²) in [5.41, 5.74) is 8.27. The molecule has 27 heavy (non-hydrogen) atoms. The zero-order valence-electron chi connectivity index (χ0n) is 14.9. The second-order valence-electron chi connectivity index (χ2n) is 6.10. The summed E-state index contributed by atoms with van der Waals surface area (Å²) in [6, 6.07) is 10.2. The van der Waals surface area contributed by atoms with E-state index in [1.54, 1.807) is 56.6 Å². The number of nitrogens with two attached hydrogens (primary N) is 1. The zero-order chi connectivity index (χ0) is 19.4. The Kier molecular flexibility index (Phi) is 5.19. The number of anilines is 1. The summed E-state index contributed by atoms with van der Waals surface area (Å²) in [7, 11) is -3.31. The number of hydrogen-bond donors (Lipinski definition) is 1. The Morgan fingerprint density at radius 2 is 1.78 bits per heavy atom. The molecule has 0 atom stereocenters. The molecule has 2 aromatic heterocycles. The second kappa shape index (κ2) is 7.56. The van der Waals surface area contributed by atoms with E-state index in [0.29, 0.717) is 11.4 Å². The van der Waals surface area contributed by atoms with Gasteiger partial charge in [0.05, 0.1) is 22.0 Å². The minimum Gasteiger partial charge on any atom is -0.381 e. The highest BCUT2D eigenvalue weighted by molar-refractivity contribution is 7.92. The molecule has 0 aliphatic carbocycles. The molecular formula is C20H18N4O2S. The first-order valence-corrected chi connectivity index (χ1v) is 9.81. The Labute approximate surface area is 158 Å². The molecule has 0 aliphatic rings. The van der Waals surface area contributed by atoms with Gasteiger partial charge >= 0.3 is 0 Å². The Hall–Kier alpha value is -3.24. The van der Waals surface area contributed by atoms with Gasteiger partial charge in [0.15, 0.2) is 21.3 Å². The maximum atomic E-state index is 12.2. The van der Waals surface area contributed by atoms with Crippen LogP contribution >= 0.6 is 0 Å². The third kappa shape index (κ3) is 4.13. The maximum absolute atomic E-state index is 12.2. The van der Waals surface area contributed by atoms with Gasteiger partial charge in [0.2, 0.25) is 0 Å². The summed E-state index contributed by atoms with van der Waals surface area (Å²) in [6.07, 6.45) is 4.86. The van der Waals surface area contributed by atoms with Crippen LogP contribution in [-0.2, 0) is 9.84 Å². The van der Waals surface area contributed by atoms with Crippen LogP contribution in [0.15, 0.2) is 59.9 Å². The lowest BCUT2D eigenvalue weighted by Gasteiger charge is -2.08. The van der Waals surface area contributed by atoms with E-state index in [0.717, 1.165) is 11.1 Å². The van der Waals surface area contributed by atoms with Gasteiger partial charge < -0.3 is 5.73 Å². The van der Waals surface area contributed by atoms with E-state index in [4.69, 9.17) is 5.73 Å². The molecule has 0 spiro atoms. The number of pyridine rings is 1. The lowest BCUT2D eigenvalue weighted by molar-refractivity contribution is 0.587. The predicted octanol–water partition coefficient (Wildman–Crippen LogP) is 2.70. The van der Waals surface area contributed by atoms with Crippen molar-refractivity contribution < 1.29 is 8.42 Å². The molecule has 0 radical (unpaired) electrons. The van der Waals surface area contributed by atoms with Crippen LogP contribution in [0.3, 0.4) is 0 Å². The highest BCUT2D eigenvalue weighted by atomic mass is 32.2. The summed E-state index contributed by atoms with van der Waals surface area (Å²) < 4.78 is 24.5. The molecule has 0 aliphatic heterocycles. The Balaban J connectivity index is 1.94. The van der Waals surface area contributed by atoms with Crippen LogP contribution in [0, 0.1) is 11.8 Å². The molecule has 0 bridgehead atoms. The largest absolute Gasteiger partial charge is 0.381 e. The normalized spacial score (nSPS) is 11.1. The first kappa shape index (κ1) is 18.5. The molecule has 6 nitrogen and oxygen atoms in total. The van der Waals surface area contributed by atoms with Gasteiger partial charge in [0, 0.05) is 23.5 Å². The van der Waals surface area contributed by atoms with E-state index in [2.05, 4.69) is 26.8 Å². The molecule has 0 amide bonds. The summed E-state index contributed by atoms with van der Waals surface area (Å²) >= 11 is 0.